The molecule has 1 aliphatic heterocycles. The Morgan fingerprint density at radius 3 is 2.29 bits per heavy atom. The molecule has 4 heteroatoms. The molecule has 1 fully saturated rings. The van der Waals surface area contributed by atoms with Crippen molar-refractivity contribution >= 4 is 17.7 Å². The second kappa shape index (κ2) is 9.15. The minimum Gasteiger partial charge on any atom is -0.460 e. The molecule has 2 aromatic carbocycles. The minimum atomic E-state index is -0.454. The first-order valence-corrected chi connectivity index (χ1v) is 11.2. The first kappa shape index (κ1) is 20.9. The predicted molar refractivity (Wildman–Crippen MR) is 117 cm³/mol. The van der Waals surface area contributed by atoms with E-state index < -0.39 is 5.60 Å². The van der Waals surface area contributed by atoms with E-state index in [9.17, 15) is 4.79 Å². The van der Waals surface area contributed by atoms with Crippen LogP contribution in [0.2, 0.25) is 0 Å². The summed E-state index contributed by atoms with van der Waals surface area (Å²) in [5.41, 5.74) is 2.09. The molecule has 0 amide bonds. The first-order chi connectivity index (χ1) is 13.3. The van der Waals surface area contributed by atoms with Gasteiger partial charge in [0.2, 0.25) is 0 Å². The second-order valence-corrected chi connectivity index (χ2v) is 9.56. The van der Waals surface area contributed by atoms with Crippen molar-refractivity contribution in [2.45, 2.75) is 51.9 Å². The van der Waals surface area contributed by atoms with E-state index in [1.54, 1.807) is 0 Å². The first-order valence-electron chi connectivity index (χ1n) is 10.0. The molecule has 1 heterocycles. The van der Waals surface area contributed by atoms with E-state index in [1.807, 2.05) is 44.7 Å². The number of benzene rings is 2. The topological polar surface area (TPSA) is 29.5 Å². The van der Waals surface area contributed by atoms with Gasteiger partial charge in [-0.1, -0.05) is 60.7 Å². The summed E-state index contributed by atoms with van der Waals surface area (Å²) in [6.45, 7) is 8.89. The molecule has 0 saturated carbocycles. The number of hydrogen-bond acceptors (Lipinski definition) is 4. The number of carbonyl (C=O) groups excluding carboxylic acids is 1. The van der Waals surface area contributed by atoms with Gasteiger partial charge in [-0.25, -0.2) is 0 Å². The van der Waals surface area contributed by atoms with Gasteiger partial charge in [0.25, 0.3) is 0 Å². The van der Waals surface area contributed by atoms with Gasteiger partial charge >= 0.3 is 5.97 Å². The fraction of sp³-hybridized carbons (Fsp3) is 0.458. The summed E-state index contributed by atoms with van der Waals surface area (Å²) in [5, 5.41) is 0. The molecule has 0 bridgehead atoms. The van der Waals surface area contributed by atoms with Gasteiger partial charge < -0.3 is 4.74 Å². The van der Waals surface area contributed by atoms with Crippen LogP contribution in [0.4, 0.5) is 0 Å². The van der Waals surface area contributed by atoms with Gasteiger partial charge in [-0.3, -0.25) is 9.69 Å². The number of rotatable bonds is 6. The molecule has 28 heavy (non-hydrogen) atoms. The third-order valence-electron chi connectivity index (χ3n) is 5.17. The maximum atomic E-state index is 12.9. The van der Waals surface area contributed by atoms with Gasteiger partial charge in [0, 0.05) is 30.1 Å². The average molecular weight is 398 g/mol. The second-order valence-electron chi connectivity index (χ2n) is 8.49. The zero-order valence-corrected chi connectivity index (χ0v) is 18.1. The molecule has 1 saturated heterocycles. The predicted octanol–water partition coefficient (Wildman–Crippen LogP) is 5.32. The highest BCUT2D eigenvalue weighted by molar-refractivity contribution is 7.99. The number of ether oxygens (including phenoxy) is 1. The van der Waals surface area contributed by atoms with Crippen molar-refractivity contribution in [3.05, 3.63) is 71.8 Å². The number of carbonyl (C=O) groups is 1. The highest BCUT2D eigenvalue weighted by Gasteiger charge is 2.41. The van der Waals surface area contributed by atoms with E-state index in [2.05, 4.69) is 60.4 Å². The molecule has 0 aliphatic carbocycles. The summed E-state index contributed by atoms with van der Waals surface area (Å²) < 4.78 is 5.76. The van der Waals surface area contributed by atoms with Crippen LogP contribution in [0.15, 0.2) is 60.7 Å². The smallest absolute Gasteiger partial charge is 0.311 e. The molecule has 0 radical (unpaired) electrons. The van der Waals surface area contributed by atoms with Crippen molar-refractivity contribution in [1.82, 2.24) is 4.90 Å². The fourth-order valence-electron chi connectivity index (χ4n) is 3.73. The van der Waals surface area contributed by atoms with E-state index >= 15 is 0 Å². The van der Waals surface area contributed by atoms with Gasteiger partial charge in [0.15, 0.2) is 0 Å². The van der Waals surface area contributed by atoms with Crippen molar-refractivity contribution in [2.24, 2.45) is 5.92 Å². The van der Waals surface area contributed by atoms with E-state index in [0.717, 1.165) is 18.1 Å². The fourth-order valence-corrected chi connectivity index (χ4v) is 5.14. The van der Waals surface area contributed by atoms with Gasteiger partial charge in [-0.15, -0.1) is 0 Å². The summed E-state index contributed by atoms with van der Waals surface area (Å²) in [5.74, 6) is 1.61. The molecular weight excluding hydrogens is 366 g/mol. The maximum absolute atomic E-state index is 12.9. The molecule has 3 rings (SSSR count). The lowest BCUT2D eigenvalue weighted by atomic mass is 9.96. The molecule has 150 valence electrons. The Balaban J connectivity index is 1.87. The van der Waals surface area contributed by atoms with Crippen LogP contribution >= 0.6 is 11.8 Å². The molecule has 2 aromatic rings. The van der Waals surface area contributed by atoms with E-state index in [0.29, 0.717) is 0 Å². The Hall–Kier alpha value is -1.78. The third kappa shape index (κ3) is 5.39. The standard InChI is InChI=1S/C24H31NO2S/c1-18(20-13-9-6-10-14-20)25(15-19-11-7-5-8-12-19)22-17-28-16-21(22)23(26)27-24(2,3)4/h5-14,18,21-22H,15-17H2,1-4H3/t18-,21+,22-/m0/s1. The lowest BCUT2D eigenvalue weighted by molar-refractivity contribution is -0.161. The third-order valence-corrected chi connectivity index (χ3v) is 6.35. The molecule has 0 N–H and O–H groups in total. The zero-order chi connectivity index (χ0) is 20.1. The van der Waals surface area contributed by atoms with Crippen molar-refractivity contribution in [1.29, 1.82) is 0 Å². The average Bonchev–Trinajstić information content (AvgIpc) is 3.15. The quantitative estimate of drug-likeness (QED) is 0.617. The number of nitrogens with zero attached hydrogens (tertiary/aromatic N) is 1. The lowest BCUT2D eigenvalue weighted by Gasteiger charge is -2.37. The Labute approximate surface area is 173 Å². The molecule has 1 aliphatic rings. The summed E-state index contributed by atoms with van der Waals surface area (Å²) in [7, 11) is 0. The van der Waals surface area contributed by atoms with Crippen LogP contribution in [0.25, 0.3) is 0 Å². The Kier molecular flexibility index (Phi) is 6.84. The van der Waals surface area contributed by atoms with E-state index in [-0.39, 0.29) is 24.0 Å². The summed E-state index contributed by atoms with van der Waals surface area (Å²) in [4.78, 5) is 15.4. The highest BCUT2D eigenvalue weighted by Crippen LogP contribution is 2.36. The van der Waals surface area contributed by atoms with Crippen molar-refractivity contribution in [3.8, 4) is 0 Å². The van der Waals surface area contributed by atoms with E-state index in [4.69, 9.17) is 4.74 Å². The van der Waals surface area contributed by atoms with Gasteiger partial charge in [0.05, 0.1) is 5.92 Å². The normalized spacial score (nSPS) is 20.9. The van der Waals surface area contributed by atoms with Crippen LogP contribution in [0.5, 0.6) is 0 Å². The SMILES string of the molecule is C[C@@H](c1ccccc1)N(Cc1ccccc1)[C@H]1CSC[C@H]1C(=O)OC(C)(C)C. The molecular formula is C24H31NO2S. The Bertz CT molecular complexity index is 757. The van der Waals surface area contributed by atoms with Crippen molar-refractivity contribution in [2.75, 3.05) is 11.5 Å². The largest absolute Gasteiger partial charge is 0.460 e. The zero-order valence-electron chi connectivity index (χ0n) is 17.3. The lowest BCUT2D eigenvalue weighted by Crippen LogP contribution is -2.45. The minimum absolute atomic E-state index is 0.0687. The van der Waals surface area contributed by atoms with Crippen LogP contribution in [-0.2, 0) is 16.1 Å². The maximum Gasteiger partial charge on any atom is 0.311 e. The number of thioether (sulfide) groups is 1. The van der Waals surface area contributed by atoms with Crippen molar-refractivity contribution in [3.63, 3.8) is 0 Å². The molecule has 3 atom stereocenters. The van der Waals surface area contributed by atoms with Gasteiger partial charge in [0.1, 0.15) is 5.60 Å². The molecule has 3 nitrogen and oxygen atoms in total. The van der Waals surface area contributed by atoms with E-state index in [1.165, 1.54) is 11.1 Å². The number of esters is 1. The van der Waals surface area contributed by atoms with Crippen LogP contribution < -0.4 is 0 Å². The summed E-state index contributed by atoms with van der Waals surface area (Å²) >= 11 is 1.85. The van der Waals surface area contributed by atoms with Crippen LogP contribution in [0.1, 0.15) is 44.9 Å². The highest BCUT2D eigenvalue weighted by atomic mass is 32.2. The van der Waals surface area contributed by atoms with Crippen LogP contribution in [-0.4, -0.2) is 34.0 Å². The van der Waals surface area contributed by atoms with Crippen molar-refractivity contribution < 1.29 is 9.53 Å². The summed E-state index contributed by atoms with van der Waals surface area (Å²) in [6.07, 6.45) is 0. The monoisotopic (exact) mass is 397 g/mol. The number of hydrogen-bond donors (Lipinski definition) is 0. The van der Waals surface area contributed by atoms with Crippen LogP contribution in [0.3, 0.4) is 0 Å². The van der Waals surface area contributed by atoms with Gasteiger partial charge in [-0.05, 0) is 38.8 Å². The molecule has 0 aromatic heterocycles. The van der Waals surface area contributed by atoms with Gasteiger partial charge in [-0.2, -0.15) is 11.8 Å². The van der Waals surface area contributed by atoms with Crippen LogP contribution in [0, 0.1) is 5.92 Å². The Morgan fingerprint density at radius 1 is 1.07 bits per heavy atom. The Morgan fingerprint density at radius 2 is 1.68 bits per heavy atom. The molecule has 0 spiro atoms. The summed E-state index contributed by atoms with van der Waals surface area (Å²) in [6, 6.07) is 21.5. The molecule has 0 unspecified atom stereocenters.